The molecule has 0 amide bonds. The van der Waals surface area contributed by atoms with Crippen molar-refractivity contribution in [3.8, 4) is 0 Å². The van der Waals surface area contributed by atoms with Gasteiger partial charge in [-0.15, -0.1) is 11.3 Å². The minimum Gasteiger partial charge on any atom is -0.466 e. The fourth-order valence-corrected chi connectivity index (χ4v) is 3.43. The highest BCUT2D eigenvalue weighted by atomic mass is 35.5. The zero-order chi connectivity index (χ0) is 16.4. The first-order valence-electron chi connectivity index (χ1n) is 7.04. The molecule has 1 unspecified atom stereocenters. The van der Waals surface area contributed by atoms with E-state index in [9.17, 15) is 4.79 Å². The number of amidine groups is 1. The zero-order valence-electron chi connectivity index (χ0n) is 12.7. The van der Waals surface area contributed by atoms with Crippen LogP contribution in [0, 0.1) is 0 Å². The molecule has 3 rings (SSSR count). The molecule has 0 spiro atoms. The molecule has 4 nitrogen and oxygen atoms in total. The molecule has 0 fully saturated rings. The summed E-state index contributed by atoms with van der Waals surface area (Å²) in [5.74, 6) is 0.323. The summed E-state index contributed by atoms with van der Waals surface area (Å²) in [4.78, 5) is 18.0. The molecule has 23 heavy (non-hydrogen) atoms. The maximum absolute atomic E-state index is 12.2. The number of nitrogens with one attached hydrogen (secondary N) is 1. The Morgan fingerprint density at radius 3 is 2.74 bits per heavy atom. The Morgan fingerprint density at radius 2 is 2.09 bits per heavy atom. The molecule has 1 aliphatic heterocycles. The number of ether oxygens (including phenoxy) is 1. The molecule has 2 heterocycles. The number of hydrogen-bond acceptors (Lipinski definition) is 5. The second-order valence-corrected chi connectivity index (χ2v) is 6.39. The number of carbonyl (C=O) groups excluding carboxylic acids is 1. The molecule has 1 atom stereocenters. The molecule has 0 aliphatic carbocycles. The van der Waals surface area contributed by atoms with Crippen LogP contribution in [-0.4, -0.2) is 18.9 Å². The van der Waals surface area contributed by atoms with Crippen LogP contribution >= 0.6 is 22.9 Å². The minimum atomic E-state index is -0.491. The predicted octanol–water partition coefficient (Wildman–Crippen LogP) is 3.94. The lowest BCUT2D eigenvalue weighted by Gasteiger charge is -2.26. The Labute approximate surface area is 143 Å². The van der Waals surface area contributed by atoms with Crippen molar-refractivity contribution in [2.75, 3.05) is 7.11 Å². The number of benzene rings is 1. The van der Waals surface area contributed by atoms with Gasteiger partial charge in [-0.05, 0) is 24.4 Å². The number of halogens is 1. The summed E-state index contributed by atoms with van der Waals surface area (Å²) in [7, 11) is 1.37. The number of methoxy groups -OCH3 is 1. The molecule has 1 aromatic carbocycles. The monoisotopic (exact) mass is 346 g/mol. The molecular weight excluding hydrogens is 332 g/mol. The van der Waals surface area contributed by atoms with E-state index in [-0.39, 0.29) is 0 Å². The van der Waals surface area contributed by atoms with Gasteiger partial charge in [-0.3, -0.25) is 4.99 Å². The smallest absolute Gasteiger partial charge is 0.338 e. The minimum absolute atomic E-state index is 0.408. The number of rotatable bonds is 3. The van der Waals surface area contributed by atoms with Crippen LogP contribution in [0.25, 0.3) is 0 Å². The Morgan fingerprint density at radius 1 is 1.30 bits per heavy atom. The van der Waals surface area contributed by atoms with Gasteiger partial charge in [0.1, 0.15) is 11.9 Å². The lowest BCUT2D eigenvalue weighted by Crippen LogP contribution is -2.32. The summed E-state index contributed by atoms with van der Waals surface area (Å²) in [5.41, 5.74) is 1.98. The summed E-state index contributed by atoms with van der Waals surface area (Å²) in [5, 5.41) is 5.76. The number of carbonyl (C=O) groups is 1. The number of aliphatic imine (C=N–C) groups is 1. The van der Waals surface area contributed by atoms with Crippen LogP contribution in [0.2, 0.25) is 5.02 Å². The van der Waals surface area contributed by atoms with E-state index in [0.29, 0.717) is 10.6 Å². The van der Waals surface area contributed by atoms with Gasteiger partial charge in [0.25, 0.3) is 0 Å². The van der Waals surface area contributed by atoms with E-state index in [1.165, 1.54) is 7.11 Å². The maximum Gasteiger partial charge on any atom is 0.338 e. The van der Waals surface area contributed by atoms with Gasteiger partial charge in [0.2, 0.25) is 0 Å². The van der Waals surface area contributed by atoms with Crippen molar-refractivity contribution < 1.29 is 9.53 Å². The van der Waals surface area contributed by atoms with E-state index >= 15 is 0 Å². The van der Waals surface area contributed by atoms with Crippen molar-refractivity contribution >= 4 is 34.7 Å². The topological polar surface area (TPSA) is 50.7 Å². The number of esters is 1. The second-order valence-electron chi connectivity index (χ2n) is 5.03. The molecule has 1 aliphatic rings. The first-order valence-corrected chi connectivity index (χ1v) is 8.29. The number of thiophene rings is 1. The Bertz CT molecular complexity index is 797. The highest BCUT2D eigenvalue weighted by Gasteiger charge is 2.31. The van der Waals surface area contributed by atoms with Crippen LogP contribution in [0.4, 0.5) is 0 Å². The van der Waals surface area contributed by atoms with Crippen molar-refractivity contribution in [3.05, 3.63) is 68.5 Å². The first kappa shape index (κ1) is 15.8. The molecule has 1 N–H and O–H groups in total. The van der Waals surface area contributed by atoms with Crippen LogP contribution in [0.1, 0.15) is 23.4 Å². The van der Waals surface area contributed by atoms with Gasteiger partial charge in [0.05, 0.1) is 17.6 Å². The van der Waals surface area contributed by atoms with Gasteiger partial charge in [-0.25, -0.2) is 4.79 Å². The average Bonchev–Trinajstić information content (AvgIpc) is 3.08. The van der Waals surface area contributed by atoms with Crippen LogP contribution < -0.4 is 5.32 Å². The van der Waals surface area contributed by atoms with Crippen LogP contribution in [-0.2, 0) is 9.53 Å². The maximum atomic E-state index is 12.2. The van der Waals surface area contributed by atoms with E-state index in [1.54, 1.807) is 17.4 Å². The third-order valence-electron chi connectivity index (χ3n) is 3.60. The van der Waals surface area contributed by atoms with E-state index in [0.717, 1.165) is 22.0 Å². The molecule has 0 saturated carbocycles. The van der Waals surface area contributed by atoms with Gasteiger partial charge in [-0.2, -0.15) is 0 Å². The predicted molar refractivity (Wildman–Crippen MR) is 92.9 cm³/mol. The highest BCUT2D eigenvalue weighted by Crippen LogP contribution is 2.36. The van der Waals surface area contributed by atoms with Crippen molar-refractivity contribution in [3.63, 3.8) is 0 Å². The van der Waals surface area contributed by atoms with E-state index < -0.39 is 12.0 Å². The Balaban J connectivity index is 2.13. The van der Waals surface area contributed by atoms with Crippen molar-refractivity contribution in [1.82, 2.24) is 5.32 Å². The fraction of sp³-hybridized carbons (Fsp3) is 0.176. The van der Waals surface area contributed by atoms with Crippen LogP contribution in [0.3, 0.4) is 0 Å². The summed E-state index contributed by atoms with van der Waals surface area (Å²) in [6.45, 7) is 1.85. The average molecular weight is 347 g/mol. The molecule has 0 bridgehead atoms. The number of hydrogen-bond donors (Lipinski definition) is 1. The standard InChI is InChI=1S/C17H15ClN2O2S/c1-10-14(17(21)22-2)15(11-6-3-4-7-12(11)18)20-16(19-10)13-8-5-9-23-13/h3-9,15H,1-2H3,(H,19,20). The fourth-order valence-electron chi connectivity index (χ4n) is 2.51. The summed E-state index contributed by atoms with van der Waals surface area (Å²) < 4.78 is 4.93. The van der Waals surface area contributed by atoms with Crippen LogP contribution in [0.15, 0.2) is 58.0 Å². The second kappa shape index (κ2) is 6.56. The highest BCUT2D eigenvalue weighted by molar-refractivity contribution is 7.12. The van der Waals surface area contributed by atoms with Gasteiger partial charge in [-0.1, -0.05) is 35.9 Å². The Hall–Kier alpha value is -2.11. The molecule has 118 valence electrons. The molecule has 2 aromatic rings. The molecule has 0 saturated heterocycles. The van der Waals surface area contributed by atoms with Gasteiger partial charge in [0, 0.05) is 16.3 Å². The van der Waals surface area contributed by atoms with Gasteiger partial charge < -0.3 is 10.1 Å². The molecule has 1 aromatic heterocycles. The van der Waals surface area contributed by atoms with Crippen molar-refractivity contribution in [1.29, 1.82) is 0 Å². The number of allylic oxidation sites excluding steroid dienone is 1. The Kier molecular flexibility index (Phi) is 4.50. The molecule has 0 radical (unpaired) electrons. The van der Waals surface area contributed by atoms with Crippen molar-refractivity contribution in [2.45, 2.75) is 13.0 Å². The SMILES string of the molecule is COC(=O)C1=C(C)NC(c2cccs2)=NC1c1ccccc1Cl. The first-order chi connectivity index (χ1) is 11.1. The summed E-state index contributed by atoms with van der Waals surface area (Å²) in [6.07, 6.45) is 0. The zero-order valence-corrected chi connectivity index (χ0v) is 14.2. The van der Waals surface area contributed by atoms with Gasteiger partial charge >= 0.3 is 5.97 Å². The number of nitrogens with zero attached hydrogens (tertiary/aromatic N) is 1. The van der Waals surface area contributed by atoms with Crippen molar-refractivity contribution in [2.24, 2.45) is 4.99 Å². The van der Waals surface area contributed by atoms with Crippen LogP contribution in [0.5, 0.6) is 0 Å². The molecular formula is C17H15ClN2O2S. The third kappa shape index (κ3) is 3.02. The van der Waals surface area contributed by atoms with E-state index in [4.69, 9.17) is 21.3 Å². The summed E-state index contributed by atoms with van der Waals surface area (Å²) >= 11 is 7.91. The van der Waals surface area contributed by atoms with E-state index in [2.05, 4.69) is 5.32 Å². The lowest BCUT2D eigenvalue weighted by atomic mass is 9.96. The van der Waals surface area contributed by atoms with Gasteiger partial charge in [0.15, 0.2) is 0 Å². The van der Waals surface area contributed by atoms with E-state index in [1.807, 2.05) is 42.6 Å². The quantitative estimate of drug-likeness (QED) is 0.856. The molecule has 6 heteroatoms. The third-order valence-corrected chi connectivity index (χ3v) is 4.82. The lowest BCUT2D eigenvalue weighted by molar-refractivity contribution is -0.136. The summed E-state index contributed by atoms with van der Waals surface area (Å²) in [6, 6.07) is 10.9. The normalized spacial score (nSPS) is 17.5. The largest absolute Gasteiger partial charge is 0.466 e.